The average molecular weight is 196 g/mol. The van der Waals surface area contributed by atoms with Crippen LogP contribution < -0.4 is 0 Å². The Bertz CT molecular complexity index is 204. The molecule has 0 amide bonds. The van der Waals surface area contributed by atoms with Gasteiger partial charge in [0.1, 0.15) is 0 Å². The first kappa shape index (κ1) is 12.1. The lowest BCUT2D eigenvalue weighted by Crippen LogP contribution is -2.54. The van der Waals surface area contributed by atoms with Gasteiger partial charge < -0.3 is 0 Å². The van der Waals surface area contributed by atoms with Crippen LogP contribution in [-0.4, -0.2) is 0 Å². The Labute approximate surface area is 90.5 Å². The molecule has 1 rings (SSSR count). The minimum absolute atomic E-state index is 0.580. The summed E-state index contributed by atoms with van der Waals surface area (Å²) < 4.78 is 0. The second-order valence-corrected chi connectivity index (χ2v) is 6.57. The molecule has 0 heterocycles. The summed E-state index contributed by atoms with van der Waals surface area (Å²) in [6.07, 6.45) is 2.73. The molecule has 1 saturated carbocycles. The molecule has 4 unspecified atom stereocenters. The summed E-state index contributed by atoms with van der Waals surface area (Å²) in [5, 5.41) is 0. The summed E-state index contributed by atoms with van der Waals surface area (Å²) >= 11 is 0. The van der Waals surface area contributed by atoms with Gasteiger partial charge >= 0.3 is 0 Å². The Morgan fingerprint density at radius 3 is 2.00 bits per heavy atom. The highest BCUT2D eigenvalue weighted by molar-refractivity contribution is 5.04. The van der Waals surface area contributed by atoms with Crippen LogP contribution in [0.1, 0.15) is 61.3 Å². The lowest BCUT2D eigenvalue weighted by molar-refractivity contribution is -0.129. The van der Waals surface area contributed by atoms with Gasteiger partial charge in [-0.25, -0.2) is 0 Å². The zero-order valence-electron chi connectivity index (χ0n) is 11.1. The predicted octanol–water partition coefficient (Wildman–Crippen LogP) is 4.74. The van der Waals surface area contributed by atoms with E-state index in [0.717, 1.165) is 17.8 Å². The molecule has 14 heavy (non-hydrogen) atoms. The average Bonchev–Trinajstić information content (AvgIpc) is 2.13. The molecule has 0 aromatic rings. The van der Waals surface area contributed by atoms with Gasteiger partial charge in [-0.3, -0.25) is 0 Å². The van der Waals surface area contributed by atoms with Crippen LogP contribution in [0.2, 0.25) is 0 Å². The quantitative estimate of drug-likeness (QED) is 0.611. The molecule has 1 aliphatic carbocycles. The van der Waals surface area contributed by atoms with Crippen LogP contribution >= 0.6 is 0 Å². The van der Waals surface area contributed by atoms with E-state index in [4.69, 9.17) is 0 Å². The van der Waals surface area contributed by atoms with E-state index in [1.165, 1.54) is 12.8 Å². The van der Waals surface area contributed by atoms with Crippen molar-refractivity contribution in [2.24, 2.45) is 28.6 Å². The van der Waals surface area contributed by atoms with Crippen molar-refractivity contribution < 1.29 is 0 Å². The largest absolute Gasteiger partial charge is 0.0651 e. The topological polar surface area (TPSA) is 0 Å². The molecule has 0 spiro atoms. The van der Waals surface area contributed by atoms with Crippen LogP contribution in [-0.2, 0) is 0 Å². The molecule has 0 aromatic carbocycles. The van der Waals surface area contributed by atoms with Gasteiger partial charge in [-0.05, 0) is 35.0 Å². The SMILES string of the molecule is CCC(C)C(C)C1(C)CC(C)(C)C1C. The molecule has 1 fully saturated rings. The highest BCUT2D eigenvalue weighted by atomic mass is 14.6. The van der Waals surface area contributed by atoms with E-state index >= 15 is 0 Å². The van der Waals surface area contributed by atoms with E-state index in [1.807, 2.05) is 0 Å². The summed E-state index contributed by atoms with van der Waals surface area (Å²) in [7, 11) is 0. The summed E-state index contributed by atoms with van der Waals surface area (Å²) in [4.78, 5) is 0. The van der Waals surface area contributed by atoms with Gasteiger partial charge in [-0.1, -0.05) is 54.9 Å². The maximum Gasteiger partial charge on any atom is -0.0262 e. The molecule has 0 saturated heterocycles. The minimum atomic E-state index is 0.580. The first-order chi connectivity index (χ1) is 6.25. The standard InChI is InChI=1S/C14H28/c1-8-10(2)11(3)14(7)9-13(5,6)12(14)4/h10-12H,8-9H2,1-7H3. The fourth-order valence-electron chi connectivity index (χ4n) is 3.61. The second-order valence-electron chi connectivity index (χ2n) is 6.57. The lowest BCUT2D eigenvalue weighted by Gasteiger charge is -2.62. The van der Waals surface area contributed by atoms with E-state index in [1.54, 1.807) is 0 Å². The first-order valence-electron chi connectivity index (χ1n) is 6.25. The highest BCUT2D eigenvalue weighted by Gasteiger charge is 2.55. The highest BCUT2D eigenvalue weighted by Crippen LogP contribution is 2.63. The van der Waals surface area contributed by atoms with E-state index in [2.05, 4.69) is 48.5 Å². The van der Waals surface area contributed by atoms with Crippen molar-refractivity contribution in [3.8, 4) is 0 Å². The zero-order chi connectivity index (χ0) is 11.1. The smallest absolute Gasteiger partial charge is 0.0262 e. The minimum Gasteiger partial charge on any atom is -0.0651 e. The Morgan fingerprint density at radius 1 is 1.21 bits per heavy atom. The van der Waals surface area contributed by atoms with Gasteiger partial charge in [0.05, 0.1) is 0 Å². The molecule has 0 nitrogen and oxygen atoms in total. The van der Waals surface area contributed by atoms with Gasteiger partial charge in [-0.2, -0.15) is 0 Å². The van der Waals surface area contributed by atoms with E-state index in [-0.39, 0.29) is 0 Å². The Balaban J connectivity index is 2.70. The van der Waals surface area contributed by atoms with Gasteiger partial charge in [0, 0.05) is 0 Å². The van der Waals surface area contributed by atoms with Gasteiger partial charge in [-0.15, -0.1) is 0 Å². The van der Waals surface area contributed by atoms with E-state index in [9.17, 15) is 0 Å². The van der Waals surface area contributed by atoms with Crippen LogP contribution in [0.4, 0.5) is 0 Å². The Hall–Kier alpha value is 0. The number of hydrogen-bond acceptors (Lipinski definition) is 0. The van der Waals surface area contributed by atoms with Crippen molar-refractivity contribution in [3.63, 3.8) is 0 Å². The summed E-state index contributed by atoms with van der Waals surface area (Å²) in [5.74, 6) is 2.62. The van der Waals surface area contributed by atoms with Crippen LogP contribution in [0.5, 0.6) is 0 Å². The molecular weight excluding hydrogens is 168 g/mol. The number of hydrogen-bond donors (Lipinski definition) is 0. The predicted molar refractivity (Wildman–Crippen MR) is 64.3 cm³/mol. The molecule has 84 valence electrons. The van der Waals surface area contributed by atoms with Crippen LogP contribution in [0.3, 0.4) is 0 Å². The van der Waals surface area contributed by atoms with E-state index in [0.29, 0.717) is 10.8 Å². The zero-order valence-corrected chi connectivity index (χ0v) is 11.1. The molecule has 4 atom stereocenters. The fourth-order valence-corrected chi connectivity index (χ4v) is 3.61. The molecule has 0 aliphatic heterocycles. The third-order valence-corrected chi connectivity index (χ3v) is 5.54. The van der Waals surface area contributed by atoms with Gasteiger partial charge in [0.25, 0.3) is 0 Å². The molecule has 0 N–H and O–H groups in total. The maximum absolute atomic E-state index is 2.50. The summed E-state index contributed by atoms with van der Waals surface area (Å²) in [5.41, 5.74) is 1.18. The normalized spacial score (nSPS) is 40.1. The van der Waals surface area contributed by atoms with Crippen molar-refractivity contribution in [1.82, 2.24) is 0 Å². The van der Waals surface area contributed by atoms with E-state index < -0.39 is 0 Å². The van der Waals surface area contributed by atoms with Crippen molar-refractivity contribution in [2.45, 2.75) is 61.3 Å². The molecular formula is C14H28. The monoisotopic (exact) mass is 196 g/mol. The Morgan fingerprint density at radius 2 is 1.71 bits per heavy atom. The molecule has 0 heteroatoms. The third-order valence-electron chi connectivity index (χ3n) is 5.54. The third kappa shape index (κ3) is 1.61. The van der Waals surface area contributed by atoms with Crippen molar-refractivity contribution in [2.75, 3.05) is 0 Å². The lowest BCUT2D eigenvalue weighted by atomic mass is 9.43. The molecule has 1 aliphatic rings. The van der Waals surface area contributed by atoms with Crippen LogP contribution in [0, 0.1) is 28.6 Å². The van der Waals surface area contributed by atoms with Gasteiger partial charge in [0.2, 0.25) is 0 Å². The molecule has 0 aromatic heterocycles. The maximum atomic E-state index is 2.50. The Kier molecular flexibility index (Phi) is 3.05. The summed E-state index contributed by atoms with van der Waals surface area (Å²) in [6.45, 7) is 17.0. The first-order valence-corrected chi connectivity index (χ1v) is 6.25. The second kappa shape index (κ2) is 3.54. The van der Waals surface area contributed by atoms with Crippen molar-refractivity contribution in [3.05, 3.63) is 0 Å². The number of rotatable bonds is 3. The van der Waals surface area contributed by atoms with Crippen molar-refractivity contribution >= 4 is 0 Å². The molecule has 0 bridgehead atoms. The fraction of sp³-hybridized carbons (Fsp3) is 1.00. The van der Waals surface area contributed by atoms with Crippen LogP contribution in [0.25, 0.3) is 0 Å². The van der Waals surface area contributed by atoms with Crippen LogP contribution in [0.15, 0.2) is 0 Å². The van der Waals surface area contributed by atoms with Crippen molar-refractivity contribution in [1.29, 1.82) is 0 Å². The summed E-state index contributed by atoms with van der Waals surface area (Å²) in [6, 6.07) is 0. The van der Waals surface area contributed by atoms with Gasteiger partial charge in [0.15, 0.2) is 0 Å². The molecule has 0 radical (unpaired) electrons.